The first kappa shape index (κ1) is 18.7. The Morgan fingerprint density at radius 1 is 1.07 bits per heavy atom. The van der Waals surface area contributed by atoms with E-state index < -0.39 is 0 Å². The fourth-order valence-corrected chi connectivity index (χ4v) is 3.89. The predicted molar refractivity (Wildman–Crippen MR) is 111 cm³/mol. The van der Waals surface area contributed by atoms with Crippen LogP contribution in [-0.4, -0.2) is 33.7 Å². The summed E-state index contributed by atoms with van der Waals surface area (Å²) in [5.41, 5.74) is 9.09. The number of amides is 3. The maximum absolute atomic E-state index is 12.6. The van der Waals surface area contributed by atoms with Gasteiger partial charge in [-0.25, -0.2) is 0 Å². The maximum atomic E-state index is 12.6. The van der Waals surface area contributed by atoms with E-state index in [1.807, 2.05) is 30.5 Å². The molecule has 2 heterocycles. The van der Waals surface area contributed by atoms with Crippen LogP contribution in [0.15, 0.2) is 61.3 Å². The molecule has 4 rings (SSSR count). The summed E-state index contributed by atoms with van der Waals surface area (Å²) >= 11 is 0. The van der Waals surface area contributed by atoms with Crippen molar-refractivity contribution >= 4 is 28.6 Å². The fraction of sp³-hybridized carbons (Fsp3) is 0.174. The molecule has 6 heteroatoms. The highest BCUT2D eigenvalue weighted by atomic mass is 16.2. The minimum Gasteiger partial charge on any atom is -0.369 e. The number of fused-ring (bicyclic) bond motifs is 2. The topological polar surface area (TPSA) is 85.4 Å². The van der Waals surface area contributed by atoms with Crippen molar-refractivity contribution in [3.05, 3.63) is 83.6 Å². The van der Waals surface area contributed by atoms with Crippen LogP contribution in [0.4, 0.5) is 0 Å². The van der Waals surface area contributed by atoms with Crippen LogP contribution in [-0.2, 0) is 24.2 Å². The van der Waals surface area contributed by atoms with Crippen LogP contribution in [0.5, 0.6) is 0 Å². The first-order valence-corrected chi connectivity index (χ1v) is 9.44. The summed E-state index contributed by atoms with van der Waals surface area (Å²) in [6, 6.07) is 12.7. The third-order valence-corrected chi connectivity index (χ3v) is 5.22. The normalized spacial score (nSPS) is 13.2. The van der Waals surface area contributed by atoms with Gasteiger partial charge in [0.1, 0.15) is 0 Å². The number of rotatable bonds is 7. The number of allylic oxidation sites excluding steroid dienone is 1. The zero-order chi connectivity index (χ0) is 20.5. The number of nitrogens with two attached hydrogens (primary N) is 1. The lowest BCUT2D eigenvalue weighted by Crippen LogP contribution is -2.31. The second-order valence-corrected chi connectivity index (χ2v) is 7.15. The second-order valence-electron chi connectivity index (χ2n) is 7.15. The molecule has 0 unspecified atom stereocenters. The van der Waals surface area contributed by atoms with Crippen LogP contribution in [0, 0.1) is 0 Å². The van der Waals surface area contributed by atoms with Gasteiger partial charge in [-0.3, -0.25) is 19.3 Å². The van der Waals surface area contributed by atoms with Crippen molar-refractivity contribution in [2.24, 2.45) is 5.73 Å². The SMILES string of the molecule is C=CCn1cc(CCN2C(=O)c3ccccc3C2=O)c2cc(CC(N)=O)ccc21. The quantitative estimate of drug-likeness (QED) is 0.500. The number of hydrogen-bond donors (Lipinski definition) is 1. The molecule has 2 N–H and O–H groups in total. The first-order valence-electron chi connectivity index (χ1n) is 9.44. The fourth-order valence-electron chi connectivity index (χ4n) is 3.89. The van der Waals surface area contributed by atoms with E-state index in [1.54, 1.807) is 24.3 Å². The highest BCUT2D eigenvalue weighted by Crippen LogP contribution is 2.26. The molecule has 0 radical (unpaired) electrons. The molecule has 0 bridgehead atoms. The van der Waals surface area contributed by atoms with E-state index in [-0.39, 0.29) is 24.1 Å². The van der Waals surface area contributed by atoms with Gasteiger partial charge in [0, 0.05) is 30.2 Å². The van der Waals surface area contributed by atoms with E-state index in [1.165, 1.54) is 4.90 Å². The van der Waals surface area contributed by atoms with E-state index in [2.05, 4.69) is 11.1 Å². The molecule has 146 valence electrons. The molecule has 2 aromatic carbocycles. The number of imide groups is 1. The molecule has 0 spiro atoms. The van der Waals surface area contributed by atoms with Gasteiger partial charge in [0.25, 0.3) is 11.8 Å². The lowest BCUT2D eigenvalue weighted by molar-refractivity contribution is -0.117. The van der Waals surface area contributed by atoms with Crippen LogP contribution in [0.1, 0.15) is 31.8 Å². The molecule has 0 fully saturated rings. The molecule has 0 aliphatic carbocycles. The van der Waals surface area contributed by atoms with E-state index in [9.17, 15) is 14.4 Å². The Hall–Kier alpha value is -3.67. The summed E-state index contributed by atoms with van der Waals surface area (Å²) in [5.74, 6) is -0.896. The van der Waals surface area contributed by atoms with E-state index >= 15 is 0 Å². The summed E-state index contributed by atoms with van der Waals surface area (Å²) in [4.78, 5) is 37.8. The van der Waals surface area contributed by atoms with Crippen molar-refractivity contribution in [3.63, 3.8) is 0 Å². The number of benzene rings is 2. The third kappa shape index (κ3) is 3.33. The van der Waals surface area contributed by atoms with Crippen molar-refractivity contribution in [1.82, 2.24) is 9.47 Å². The Labute approximate surface area is 168 Å². The Morgan fingerprint density at radius 3 is 2.38 bits per heavy atom. The van der Waals surface area contributed by atoms with Crippen LogP contribution in [0.25, 0.3) is 10.9 Å². The van der Waals surface area contributed by atoms with Crippen LogP contribution in [0.2, 0.25) is 0 Å². The second kappa shape index (κ2) is 7.39. The number of aromatic nitrogens is 1. The van der Waals surface area contributed by atoms with Gasteiger partial charge in [-0.05, 0) is 41.8 Å². The minimum absolute atomic E-state index is 0.167. The summed E-state index contributed by atoms with van der Waals surface area (Å²) in [5, 5.41) is 0.988. The molecule has 1 aromatic heterocycles. The summed E-state index contributed by atoms with van der Waals surface area (Å²) in [6.07, 6.45) is 4.51. The van der Waals surface area contributed by atoms with Crippen molar-refractivity contribution in [3.8, 4) is 0 Å². The van der Waals surface area contributed by atoms with E-state index in [4.69, 9.17) is 5.73 Å². The van der Waals surface area contributed by atoms with Gasteiger partial charge in [-0.1, -0.05) is 24.3 Å². The van der Waals surface area contributed by atoms with Crippen molar-refractivity contribution in [2.75, 3.05) is 6.54 Å². The lowest BCUT2D eigenvalue weighted by Gasteiger charge is -2.13. The lowest BCUT2D eigenvalue weighted by atomic mass is 10.0. The summed E-state index contributed by atoms with van der Waals surface area (Å²) in [7, 11) is 0. The molecule has 0 saturated carbocycles. The highest BCUT2D eigenvalue weighted by Gasteiger charge is 2.34. The molecular formula is C23H21N3O3. The van der Waals surface area contributed by atoms with Gasteiger partial charge in [0.05, 0.1) is 17.5 Å². The number of carbonyl (C=O) groups excluding carboxylic acids is 3. The molecule has 3 aromatic rings. The Morgan fingerprint density at radius 2 is 1.76 bits per heavy atom. The van der Waals surface area contributed by atoms with Crippen LogP contribution in [0.3, 0.4) is 0 Å². The van der Waals surface area contributed by atoms with E-state index in [0.717, 1.165) is 22.0 Å². The van der Waals surface area contributed by atoms with Gasteiger partial charge < -0.3 is 10.3 Å². The average Bonchev–Trinajstić information content (AvgIpc) is 3.16. The smallest absolute Gasteiger partial charge is 0.261 e. The Balaban J connectivity index is 1.63. The third-order valence-electron chi connectivity index (χ3n) is 5.22. The first-order chi connectivity index (χ1) is 14.0. The van der Waals surface area contributed by atoms with E-state index in [0.29, 0.717) is 30.6 Å². The van der Waals surface area contributed by atoms with Gasteiger partial charge >= 0.3 is 0 Å². The Kier molecular flexibility index (Phi) is 4.76. The number of hydrogen-bond acceptors (Lipinski definition) is 3. The molecule has 3 amide bonds. The summed E-state index contributed by atoms with van der Waals surface area (Å²) < 4.78 is 2.06. The van der Waals surface area contributed by atoms with Crippen molar-refractivity contribution < 1.29 is 14.4 Å². The zero-order valence-corrected chi connectivity index (χ0v) is 15.9. The highest BCUT2D eigenvalue weighted by molar-refractivity contribution is 6.21. The van der Waals surface area contributed by atoms with Gasteiger partial charge in [-0.15, -0.1) is 6.58 Å². The minimum atomic E-state index is -0.387. The maximum Gasteiger partial charge on any atom is 0.261 e. The average molecular weight is 387 g/mol. The molecule has 1 aliphatic rings. The standard InChI is InChI=1S/C23H21N3O3/c1-2-10-25-14-16(19-12-15(13-21(24)27)7-8-20(19)25)9-11-26-22(28)17-5-3-4-6-18(17)23(26)29/h2-8,12,14H,1,9-11,13H2,(H2,24,27). The van der Waals surface area contributed by atoms with Gasteiger partial charge in [-0.2, -0.15) is 0 Å². The molecule has 1 aliphatic heterocycles. The van der Waals surface area contributed by atoms with Gasteiger partial charge in [0.2, 0.25) is 5.91 Å². The van der Waals surface area contributed by atoms with Crippen molar-refractivity contribution in [2.45, 2.75) is 19.4 Å². The molecule has 6 nitrogen and oxygen atoms in total. The Bertz CT molecular complexity index is 1120. The molecular weight excluding hydrogens is 366 g/mol. The number of nitrogens with zero attached hydrogens (tertiary/aromatic N) is 2. The molecule has 29 heavy (non-hydrogen) atoms. The van der Waals surface area contributed by atoms with Crippen LogP contribution < -0.4 is 5.73 Å². The zero-order valence-electron chi connectivity index (χ0n) is 15.9. The monoisotopic (exact) mass is 387 g/mol. The van der Waals surface area contributed by atoms with Crippen LogP contribution >= 0.6 is 0 Å². The number of primary amides is 1. The van der Waals surface area contributed by atoms with Crippen molar-refractivity contribution in [1.29, 1.82) is 0 Å². The number of carbonyl (C=O) groups is 3. The van der Waals surface area contributed by atoms with Gasteiger partial charge in [0.15, 0.2) is 0 Å². The summed E-state index contributed by atoms with van der Waals surface area (Å²) in [6.45, 7) is 4.73. The molecule has 0 saturated heterocycles. The molecule has 0 atom stereocenters. The predicted octanol–water partition coefficient (Wildman–Crippen LogP) is 2.69. The largest absolute Gasteiger partial charge is 0.369 e.